The number of amides is 2. The summed E-state index contributed by atoms with van der Waals surface area (Å²) in [6.07, 6.45) is 0.376. The Labute approximate surface area is 180 Å². The molecule has 9 heteroatoms. The number of carbonyl (C=O) groups excluding carboxylic acids is 2. The quantitative estimate of drug-likeness (QED) is 0.695. The summed E-state index contributed by atoms with van der Waals surface area (Å²) < 4.78 is 0. The third-order valence-corrected chi connectivity index (χ3v) is 6.33. The molecule has 0 unspecified atom stereocenters. The number of nitrogens with zero attached hydrogens (tertiary/aromatic N) is 3. The topological polar surface area (TPSA) is 79.6 Å². The Morgan fingerprint density at radius 2 is 1.86 bits per heavy atom. The first-order valence-corrected chi connectivity index (χ1v) is 11.1. The highest BCUT2D eigenvalue weighted by Gasteiger charge is 2.24. The third kappa shape index (κ3) is 6.48. The molecule has 0 spiro atoms. The summed E-state index contributed by atoms with van der Waals surface area (Å²) in [5, 5.41) is 12.9. The lowest BCUT2D eigenvalue weighted by Gasteiger charge is -2.32. The largest absolute Gasteiger partial charge is 0.331 e. The first-order valence-electron chi connectivity index (χ1n) is 9.89. The van der Waals surface area contributed by atoms with E-state index in [4.69, 9.17) is 11.6 Å². The van der Waals surface area contributed by atoms with Gasteiger partial charge in [-0.25, -0.2) is 0 Å². The number of anilines is 1. The minimum atomic E-state index is -0.197. The van der Waals surface area contributed by atoms with Gasteiger partial charge in [0.1, 0.15) is 11.6 Å². The Morgan fingerprint density at radius 1 is 1.17 bits per heavy atom. The van der Waals surface area contributed by atoms with Crippen molar-refractivity contribution in [2.24, 2.45) is 0 Å². The van der Waals surface area contributed by atoms with Crippen molar-refractivity contribution < 1.29 is 14.5 Å². The number of nitrogens with one attached hydrogen (secondary N) is 2. The molecule has 2 aromatic rings. The maximum atomic E-state index is 12.4. The smallest absolute Gasteiger partial charge is 0.226 e. The molecule has 1 aliphatic heterocycles. The molecule has 0 atom stereocenters. The van der Waals surface area contributed by atoms with Crippen LogP contribution in [0.2, 0.25) is 5.02 Å². The highest BCUT2D eigenvalue weighted by Crippen LogP contribution is 2.22. The van der Waals surface area contributed by atoms with E-state index in [0.717, 1.165) is 42.8 Å². The average molecular weight is 437 g/mol. The van der Waals surface area contributed by atoms with Crippen LogP contribution in [0.15, 0.2) is 24.3 Å². The van der Waals surface area contributed by atoms with E-state index in [0.29, 0.717) is 5.13 Å². The minimum Gasteiger partial charge on any atom is -0.331 e. The summed E-state index contributed by atoms with van der Waals surface area (Å²) in [6, 6.07) is 7.92. The number of hydrogen-bond acceptors (Lipinski definition) is 5. The number of quaternary nitrogens is 1. The molecule has 2 N–H and O–H groups in total. The van der Waals surface area contributed by atoms with Crippen LogP contribution in [-0.4, -0.2) is 53.1 Å². The second-order valence-corrected chi connectivity index (χ2v) is 9.03. The van der Waals surface area contributed by atoms with E-state index < -0.39 is 0 Å². The van der Waals surface area contributed by atoms with Crippen molar-refractivity contribution in [2.45, 2.75) is 39.2 Å². The maximum Gasteiger partial charge on any atom is 0.226 e. The van der Waals surface area contributed by atoms with E-state index in [1.54, 1.807) is 0 Å². The van der Waals surface area contributed by atoms with E-state index in [1.807, 2.05) is 43.0 Å². The van der Waals surface area contributed by atoms with E-state index in [-0.39, 0.29) is 30.6 Å². The molecule has 2 heterocycles. The van der Waals surface area contributed by atoms with E-state index >= 15 is 0 Å². The van der Waals surface area contributed by atoms with Crippen molar-refractivity contribution in [3.05, 3.63) is 39.9 Å². The lowest BCUT2D eigenvalue weighted by atomic mass is 10.2. The number of hydrogen-bond donors (Lipinski definition) is 2. The maximum absolute atomic E-state index is 12.4. The van der Waals surface area contributed by atoms with Crippen molar-refractivity contribution in [1.29, 1.82) is 0 Å². The molecule has 1 fully saturated rings. The number of piperazine rings is 1. The molecular formula is C20H27ClN5O2S+. The van der Waals surface area contributed by atoms with Crippen LogP contribution in [0.3, 0.4) is 0 Å². The van der Waals surface area contributed by atoms with Crippen LogP contribution in [0.5, 0.6) is 0 Å². The molecule has 1 aromatic carbocycles. The third-order valence-electron chi connectivity index (χ3n) is 4.94. The summed E-state index contributed by atoms with van der Waals surface area (Å²) in [7, 11) is 0. The summed E-state index contributed by atoms with van der Waals surface area (Å²) in [5.74, 6) is 0.114. The molecular weight excluding hydrogens is 410 g/mol. The second kappa shape index (κ2) is 10.1. The number of aromatic nitrogens is 2. The van der Waals surface area contributed by atoms with Gasteiger partial charge >= 0.3 is 0 Å². The fourth-order valence-electron chi connectivity index (χ4n) is 3.22. The Balaban J connectivity index is 1.37. The lowest BCUT2D eigenvalue weighted by molar-refractivity contribution is -0.917. The predicted octanol–water partition coefficient (Wildman–Crippen LogP) is 1.96. The number of carbonyl (C=O) groups is 2. The SMILES string of the molecule is CC(C)c1nnc(NC(=O)CCC(=O)N2CC[NH+](Cc3ccc(Cl)cc3)CC2)s1. The van der Waals surface area contributed by atoms with E-state index in [2.05, 4.69) is 15.5 Å². The van der Waals surface area contributed by atoms with E-state index in [9.17, 15) is 9.59 Å². The standard InChI is InChI=1S/C20H26ClN5O2S/c1-14(2)19-23-24-20(29-19)22-17(27)7-8-18(28)26-11-9-25(10-12-26)13-15-3-5-16(21)6-4-15/h3-6,14H,7-13H2,1-2H3,(H,22,24,27)/p+1. The zero-order valence-electron chi connectivity index (χ0n) is 16.8. The van der Waals surface area contributed by atoms with Gasteiger partial charge in [0.05, 0.1) is 26.2 Å². The van der Waals surface area contributed by atoms with Crippen LogP contribution in [-0.2, 0) is 16.1 Å². The van der Waals surface area contributed by atoms with Gasteiger partial charge in [-0.15, -0.1) is 10.2 Å². The predicted molar refractivity (Wildman–Crippen MR) is 114 cm³/mol. The molecule has 1 aliphatic rings. The zero-order valence-corrected chi connectivity index (χ0v) is 18.4. The average Bonchev–Trinajstić information content (AvgIpc) is 3.17. The highest BCUT2D eigenvalue weighted by atomic mass is 35.5. The van der Waals surface area contributed by atoms with Gasteiger partial charge in [-0.3, -0.25) is 9.59 Å². The summed E-state index contributed by atoms with van der Waals surface area (Å²) in [6.45, 7) is 8.24. The van der Waals surface area contributed by atoms with Gasteiger partial charge < -0.3 is 15.1 Å². The van der Waals surface area contributed by atoms with Crippen LogP contribution in [0.4, 0.5) is 5.13 Å². The molecule has 1 aromatic heterocycles. The molecule has 7 nitrogen and oxygen atoms in total. The van der Waals surface area contributed by atoms with Crippen LogP contribution in [0.25, 0.3) is 0 Å². The molecule has 0 aliphatic carbocycles. The first-order chi connectivity index (χ1) is 13.9. The van der Waals surface area contributed by atoms with Crippen molar-refractivity contribution in [1.82, 2.24) is 15.1 Å². The molecule has 0 radical (unpaired) electrons. The fourth-order valence-corrected chi connectivity index (χ4v) is 4.11. The number of rotatable bonds is 7. The minimum absolute atomic E-state index is 0.0332. The molecule has 29 heavy (non-hydrogen) atoms. The van der Waals surface area contributed by atoms with Crippen molar-refractivity contribution in [3.8, 4) is 0 Å². The molecule has 0 bridgehead atoms. The Morgan fingerprint density at radius 3 is 2.48 bits per heavy atom. The lowest BCUT2D eigenvalue weighted by Crippen LogP contribution is -3.13. The van der Waals surface area contributed by atoms with Crippen molar-refractivity contribution in [3.63, 3.8) is 0 Å². The second-order valence-electron chi connectivity index (χ2n) is 7.58. The van der Waals surface area contributed by atoms with Gasteiger partial charge in [0, 0.05) is 29.3 Å². The van der Waals surface area contributed by atoms with Crippen molar-refractivity contribution in [2.75, 3.05) is 31.5 Å². The van der Waals surface area contributed by atoms with E-state index in [1.165, 1.54) is 21.8 Å². The number of benzene rings is 1. The van der Waals surface area contributed by atoms with Gasteiger partial charge in [-0.05, 0) is 12.1 Å². The van der Waals surface area contributed by atoms with Crippen LogP contribution in [0.1, 0.15) is 43.2 Å². The molecule has 0 saturated carbocycles. The zero-order chi connectivity index (χ0) is 20.8. The Hall–Kier alpha value is -2.03. The highest BCUT2D eigenvalue weighted by molar-refractivity contribution is 7.15. The van der Waals surface area contributed by atoms with Crippen molar-refractivity contribution >= 4 is 39.9 Å². The Kier molecular flexibility index (Phi) is 7.57. The van der Waals surface area contributed by atoms with Gasteiger partial charge in [-0.2, -0.15) is 0 Å². The molecule has 2 amide bonds. The monoisotopic (exact) mass is 436 g/mol. The Bertz CT molecular complexity index is 832. The van der Waals surface area contributed by atoms with Crippen LogP contribution < -0.4 is 10.2 Å². The normalized spacial score (nSPS) is 15.0. The van der Waals surface area contributed by atoms with Gasteiger partial charge in [0.15, 0.2) is 0 Å². The summed E-state index contributed by atoms with van der Waals surface area (Å²) in [5.41, 5.74) is 1.25. The molecule has 3 rings (SSSR count). The van der Waals surface area contributed by atoms with Gasteiger partial charge in [0.25, 0.3) is 0 Å². The molecule has 156 valence electrons. The number of halogens is 1. The first kappa shape index (κ1) is 21.7. The van der Waals surface area contributed by atoms with Gasteiger partial charge in [-0.1, -0.05) is 48.9 Å². The summed E-state index contributed by atoms with van der Waals surface area (Å²) >= 11 is 7.31. The van der Waals surface area contributed by atoms with Gasteiger partial charge in [0.2, 0.25) is 16.9 Å². The molecule has 1 saturated heterocycles. The fraction of sp³-hybridized carbons (Fsp3) is 0.500. The summed E-state index contributed by atoms with van der Waals surface area (Å²) in [4.78, 5) is 27.9. The van der Waals surface area contributed by atoms with Crippen LogP contribution >= 0.6 is 22.9 Å². The van der Waals surface area contributed by atoms with Crippen LogP contribution in [0, 0.1) is 0 Å².